The molecule has 0 unspecified atom stereocenters. The Labute approximate surface area is 177 Å². The maximum Gasteiger partial charge on any atom is 0.335 e. The lowest BCUT2D eigenvalue weighted by Crippen LogP contribution is -2.04. The van der Waals surface area contributed by atoms with Crippen LogP contribution in [0.15, 0.2) is 116 Å². The summed E-state index contributed by atoms with van der Waals surface area (Å²) in [4.78, 5) is 11.3. The first-order chi connectivity index (χ1) is 14.8. The minimum absolute atomic E-state index is 0.417. The van der Waals surface area contributed by atoms with Crippen molar-refractivity contribution in [1.29, 1.82) is 0 Å². The van der Waals surface area contributed by atoms with Crippen LogP contribution in [0.5, 0.6) is 5.75 Å². The lowest BCUT2D eigenvalue weighted by atomic mass is 10.1. The van der Waals surface area contributed by atoms with Crippen molar-refractivity contribution in [2.24, 2.45) is 0 Å². The van der Waals surface area contributed by atoms with Gasteiger partial charge >= 0.3 is 5.97 Å². The van der Waals surface area contributed by atoms with Crippen molar-refractivity contribution in [2.45, 2.75) is 6.42 Å². The van der Waals surface area contributed by atoms with Crippen molar-refractivity contribution >= 4 is 5.97 Å². The van der Waals surface area contributed by atoms with Crippen LogP contribution in [0.2, 0.25) is 0 Å². The highest BCUT2D eigenvalue weighted by Gasteiger charge is 2.21. The fraction of sp³-hybridized carbons (Fsp3) is 0.0357. The molecule has 0 saturated carbocycles. The maximum atomic E-state index is 11.3. The van der Waals surface area contributed by atoms with Gasteiger partial charge in [0.05, 0.1) is 0 Å². The van der Waals surface area contributed by atoms with Gasteiger partial charge in [-0.05, 0) is 33.9 Å². The number of carbonyl (C=O) groups excluding carboxylic acids is 1. The van der Waals surface area contributed by atoms with E-state index in [4.69, 9.17) is 4.74 Å². The molecular weight excluding hydrogens is 368 g/mol. The number of benzene rings is 4. The molecule has 4 aromatic rings. The Kier molecular flexibility index (Phi) is 5.86. The molecule has 0 atom stereocenters. The van der Waals surface area contributed by atoms with E-state index in [1.165, 1.54) is 28.3 Å². The third-order valence-electron chi connectivity index (χ3n) is 5.07. The Morgan fingerprint density at radius 3 is 1.90 bits per heavy atom. The molecule has 0 aromatic heterocycles. The molecule has 5 rings (SSSR count). The largest absolute Gasteiger partial charge is 0.423 e. The summed E-state index contributed by atoms with van der Waals surface area (Å²) in [6.45, 7) is 3.42. The summed E-state index contributed by atoms with van der Waals surface area (Å²) >= 11 is 0. The Balaban J connectivity index is 0.000000158. The summed E-state index contributed by atoms with van der Waals surface area (Å²) in [5.74, 6) is 0.216. The molecule has 0 radical (unpaired) electrons. The molecule has 0 N–H and O–H groups in total. The van der Waals surface area contributed by atoms with E-state index in [1.54, 1.807) is 0 Å². The van der Waals surface area contributed by atoms with Gasteiger partial charge in [0.2, 0.25) is 0 Å². The predicted molar refractivity (Wildman–Crippen MR) is 122 cm³/mol. The molecule has 0 heterocycles. The van der Waals surface area contributed by atoms with Crippen LogP contribution in [0, 0.1) is 0 Å². The van der Waals surface area contributed by atoms with E-state index in [9.17, 15) is 4.79 Å². The summed E-state index contributed by atoms with van der Waals surface area (Å²) in [5.41, 5.74) is 7.28. The van der Waals surface area contributed by atoms with Crippen molar-refractivity contribution in [3.05, 3.63) is 127 Å². The van der Waals surface area contributed by atoms with Crippen LogP contribution < -0.4 is 4.74 Å². The van der Waals surface area contributed by atoms with Gasteiger partial charge in [0, 0.05) is 18.1 Å². The molecule has 146 valence electrons. The highest BCUT2D eigenvalue weighted by atomic mass is 16.5. The van der Waals surface area contributed by atoms with E-state index in [2.05, 4.69) is 73.3 Å². The SMILES string of the molecule is C=CC(=O)Oc1cccc2c1Cc1ccccc1-2.c1ccc(-c2ccccc2)cc1. The molecule has 2 nitrogen and oxygen atoms in total. The average Bonchev–Trinajstić information content (AvgIpc) is 3.20. The van der Waals surface area contributed by atoms with E-state index in [0.717, 1.165) is 17.5 Å². The number of carbonyl (C=O) groups is 1. The third kappa shape index (κ3) is 4.23. The second kappa shape index (κ2) is 9.06. The second-order valence-electron chi connectivity index (χ2n) is 6.97. The van der Waals surface area contributed by atoms with Crippen LogP contribution >= 0.6 is 0 Å². The van der Waals surface area contributed by atoms with Crippen molar-refractivity contribution in [3.8, 4) is 28.0 Å². The quantitative estimate of drug-likeness (QED) is 0.195. The van der Waals surface area contributed by atoms with Crippen molar-refractivity contribution in [3.63, 3.8) is 0 Å². The van der Waals surface area contributed by atoms with Crippen LogP contribution in [0.3, 0.4) is 0 Å². The maximum absolute atomic E-state index is 11.3. The van der Waals surface area contributed by atoms with Gasteiger partial charge in [0.25, 0.3) is 0 Å². The van der Waals surface area contributed by atoms with Crippen LogP contribution in [0.25, 0.3) is 22.3 Å². The van der Waals surface area contributed by atoms with Gasteiger partial charge in [-0.3, -0.25) is 0 Å². The fourth-order valence-electron chi connectivity index (χ4n) is 3.63. The van der Waals surface area contributed by atoms with Crippen LogP contribution in [-0.2, 0) is 11.2 Å². The van der Waals surface area contributed by atoms with Gasteiger partial charge < -0.3 is 4.74 Å². The number of esters is 1. The number of hydrogen-bond acceptors (Lipinski definition) is 2. The third-order valence-corrected chi connectivity index (χ3v) is 5.07. The first-order valence-corrected chi connectivity index (χ1v) is 9.91. The van der Waals surface area contributed by atoms with Crippen LogP contribution in [0.4, 0.5) is 0 Å². The molecule has 0 saturated heterocycles. The summed E-state index contributed by atoms with van der Waals surface area (Å²) in [6, 6.07) is 34.8. The zero-order chi connectivity index (χ0) is 20.8. The standard InChI is InChI=1S/C16H12O2.C12H10/c1-2-16(17)18-15-9-5-8-13-12-7-4-3-6-11(12)10-14(13)15;1-3-7-11(8-4-1)12-9-5-2-6-10-12/h2-9H,1,10H2;1-10H. The Bertz CT molecular complexity index is 1120. The molecule has 0 amide bonds. The summed E-state index contributed by atoms with van der Waals surface area (Å²) < 4.78 is 5.28. The van der Waals surface area contributed by atoms with E-state index >= 15 is 0 Å². The average molecular weight is 390 g/mol. The fourth-order valence-corrected chi connectivity index (χ4v) is 3.63. The summed E-state index contributed by atoms with van der Waals surface area (Å²) in [7, 11) is 0. The van der Waals surface area contributed by atoms with Gasteiger partial charge in [-0.1, -0.05) is 104 Å². The number of hydrogen-bond donors (Lipinski definition) is 0. The second-order valence-corrected chi connectivity index (χ2v) is 6.97. The molecule has 0 spiro atoms. The summed E-state index contributed by atoms with van der Waals surface area (Å²) in [5, 5.41) is 0. The first-order valence-electron chi connectivity index (χ1n) is 9.91. The molecule has 30 heavy (non-hydrogen) atoms. The highest BCUT2D eigenvalue weighted by molar-refractivity contribution is 5.85. The zero-order valence-electron chi connectivity index (χ0n) is 16.6. The molecular formula is C28H22O2. The van der Waals surface area contributed by atoms with Gasteiger partial charge in [-0.2, -0.15) is 0 Å². The minimum atomic E-state index is -0.417. The van der Waals surface area contributed by atoms with Crippen LogP contribution in [0.1, 0.15) is 11.1 Å². The Morgan fingerprint density at radius 2 is 1.27 bits per heavy atom. The minimum Gasteiger partial charge on any atom is -0.423 e. The number of fused-ring (bicyclic) bond motifs is 3. The molecule has 2 heteroatoms. The molecule has 1 aliphatic carbocycles. The van der Waals surface area contributed by atoms with E-state index in [-0.39, 0.29) is 0 Å². The lowest BCUT2D eigenvalue weighted by molar-refractivity contribution is -0.129. The Morgan fingerprint density at radius 1 is 0.700 bits per heavy atom. The molecule has 1 aliphatic rings. The molecule has 0 bridgehead atoms. The predicted octanol–water partition coefficient (Wildman–Crippen LogP) is 6.70. The highest BCUT2D eigenvalue weighted by Crippen LogP contribution is 2.40. The monoisotopic (exact) mass is 390 g/mol. The first kappa shape index (κ1) is 19.4. The van der Waals surface area contributed by atoms with Crippen molar-refractivity contribution < 1.29 is 9.53 Å². The molecule has 4 aromatic carbocycles. The zero-order valence-corrected chi connectivity index (χ0v) is 16.6. The van der Waals surface area contributed by atoms with Crippen molar-refractivity contribution in [1.82, 2.24) is 0 Å². The van der Waals surface area contributed by atoms with Gasteiger partial charge in [-0.15, -0.1) is 0 Å². The number of rotatable bonds is 3. The van der Waals surface area contributed by atoms with E-state index < -0.39 is 5.97 Å². The van der Waals surface area contributed by atoms with Gasteiger partial charge in [-0.25, -0.2) is 4.79 Å². The molecule has 0 aliphatic heterocycles. The van der Waals surface area contributed by atoms with Gasteiger partial charge in [0.1, 0.15) is 5.75 Å². The summed E-state index contributed by atoms with van der Waals surface area (Å²) in [6.07, 6.45) is 1.99. The number of ether oxygens (including phenoxy) is 1. The van der Waals surface area contributed by atoms with Crippen LogP contribution in [-0.4, -0.2) is 5.97 Å². The normalized spacial score (nSPS) is 10.8. The van der Waals surface area contributed by atoms with E-state index in [0.29, 0.717) is 5.75 Å². The van der Waals surface area contributed by atoms with Crippen molar-refractivity contribution in [2.75, 3.05) is 0 Å². The topological polar surface area (TPSA) is 26.3 Å². The van der Waals surface area contributed by atoms with E-state index in [1.807, 2.05) is 36.4 Å². The molecule has 0 fully saturated rings. The lowest BCUT2D eigenvalue weighted by Gasteiger charge is -2.07. The smallest absolute Gasteiger partial charge is 0.335 e. The van der Waals surface area contributed by atoms with Gasteiger partial charge in [0.15, 0.2) is 0 Å². The Hall–Kier alpha value is -3.91.